The number of aromatic hydroxyl groups is 1. The summed E-state index contributed by atoms with van der Waals surface area (Å²) in [5.74, 6) is -0.614. The van der Waals surface area contributed by atoms with Crippen LogP contribution in [0.5, 0.6) is 5.75 Å². The maximum atomic E-state index is 12.7. The molecule has 0 saturated heterocycles. The number of thiocarbonyl (C=S) groups is 1. The molecule has 0 bridgehead atoms. The topological polar surface area (TPSA) is 32.3 Å². The summed E-state index contributed by atoms with van der Waals surface area (Å²) in [4.78, 5) is 0.576. The van der Waals surface area contributed by atoms with E-state index in [4.69, 9.17) is 12.2 Å². The lowest BCUT2D eigenvalue weighted by atomic mass is 10.2. The molecule has 1 aromatic carbocycles. The Balaban J connectivity index is 2.87. The fourth-order valence-corrected chi connectivity index (χ4v) is 1.87. The van der Waals surface area contributed by atoms with E-state index >= 15 is 0 Å². The van der Waals surface area contributed by atoms with Crippen molar-refractivity contribution in [1.82, 2.24) is 5.32 Å². The molecule has 0 radical (unpaired) electrons. The van der Waals surface area contributed by atoms with Gasteiger partial charge in [-0.1, -0.05) is 30.6 Å². The van der Waals surface area contributed by atoms with Gasteiger partial charge in [0.2, 0.25) is 0 Å². The van der Waals surface area contributed by atoms with Gasteiger partial charge in [-0.05, 0) is 12.1 Å². The number of phenolic OH excluding ortho intramolecular Hbond substituents is 1. The Bertz CT molecular complexity index is 406. The Morgan fingerprint density at radius 3 is 2.80 bits per heavy atom. The molecule has 0 spiro atoms. The molecule has 0 aliphatic carbocycles. The van der Waals surface area contributed by atoms with E-state index < -0.39 is 5.82 Å². The van der Waals surface area contributed by atoms with E-state index in [9.17, 15) is 9.50 Å². The van der Waals surface area contributed by atoms with Gasteiger partial charge in [-0.3, -0.25) is 0 Å². The Hall–Kier alpha value is -1.07. The Morgan fingerprint density at radius 2 is 2.27 bits per heavy atom. The first-order valence-electron chi connectivity index (χ1n) is 4.12. The number of halogens is 1. The summed E-state index contributed by atoms with van der Waals surface area (Å²) < 4.78 is 13.3. The van der Waals surface area contributed by atoms with Crippen LogP contribution in [0.1, 0.15) is 5.56 Å². The van der Waals surface area contributed by atoms with E-state index in [1.165, 1.54) is 23.9 Å². The van der Waals surface area contributed by atoms with Crippen LogP contribution in [0.2, 0.25) is 0 Å². The first-order valence-corrected chi connectivity index (χ1v) is 5.34. The molecule has 0 amide bonds. The maximum Gasteiger partial charge on any atom is 0.138 e. The summed E-state index contributed by atoms with van der Waals surface area (Å²) >= 11 is 6.15. The molecule has 0 saturated carbocycles. The highest BCUT2D eigenvalue weighted by atomic mass is 32.2. The molecule has 15 heavy (non-hydrogen) atoms. The molecule has 2 N–H and O–H groups in total. The number of thioether (sulfide) groups is 1. The molecule has 80 valence electrons. The van der Waals surface area contributed by atoms with Crippen molar-refractivity contribution in [1.29, 1.82) is 0 Å². The summed E-state index contributed by atoms with van der Waals surface area (Å²) in [6.07, 6.45) is 0. The van der Waals surface area contributed by atoms with Crippen LogP contribution in [0.4, 0.5) is 4.39 Å². The van der Waals surface area contributed by atoms with Gasteiger partial charge in [-0.2, -0.15) is 0 Å². The average Bonchev–Trinajstić information content (AvgIpc) is 2.17. The molecule has 1 aromatic rings. The van der Waals surface area contributed by atoms with Crippen LogP contribution in [-0.2, 0) is 0 Å². The number of hydrogen-bond donors (Lipinski definition) is 2. The van der Waals surface area contributed by atoms with Crippen LogP contribution in [0.15, 0.2) is 24.8 Å². The minimum absolute atomic E-state index is 0.133. The second kappa shape index (κ2) is 5.14. The highest BCUT2D eigenvalue weighted by Crippen LogP contribution is 2.32. The fourth-order valence-electron chi connectivity index (χ4n) is 0.958. The average molecular weight is 243 g/mol. The molecule has 0 unspecified atom stereocenters. The molecule has 0 atom stereocenters. The second-order valence-corrected chi connectivity index (χ2v) is 4.50. The SMILES string of the molecule is C=C(SC(=S)NC)c1ccc(F)cc1O. The monoisotopic (exact) mass is 243 g/mol. The van der Waals surface area contributed by atoms with Crippen LogP contribution in [0, 0.1) is 5.82 Å². The van der Waals surface area contributed by atoms with Gasteiger partial charge < -0.3 is 10.4 Å². The van der Waals surface area contributed by atoms with E-state index in [1.807, 2.05) is 0 Å². The summed E-state index contributed by atoms with van der Waals surface area (Å²) in [5.41, 5.74) is 0.485. The highest BCUT2D eigenvalue weighted by Gasteiger charge is 2.08. The molecule has 0 aromatic heterocycles. The van der Waals surface area contributed by atoms with Gasteiger partial charge in [-0.15, -0.1) is 0 Å². The molecule has 5 heteroatoms. The standard InChI is InChI=1S/C10H10FNOS2/c1-6(15-10(14)12-2)8-4-3-7(11)5-9(8)13/h3-5,13H,1H2,2H3,(H,12,14). The first kappa shape index (κ1) is 12.0. The van der Waals surface area contributed by atoms with Gasteiger partial charge in [-0.25, -0.2) is 4.39 Å². The van der Waals surface area contributed by atoms with E-state index in [2.05, 4.69) is 11.9 Å². The maximum absolute atomic E-state index is 12.7. The lowest BCUT2D eigenvalue weighted by Crippen LogP contribution is -2.10. The Kier molecular flexibility index (Phi) is 4.11. The van der Waals surface area contributed by atoms with Crippen molar-refractivity contribution >= 4 is 33.2 Å². The number of hydrogen-bond acceptors (Lipinski definition) is 3. The number of nitrogens with one attached hydrogen (secondary N) is 1. The van der Waals surface area contributed by atoms with Crippen molar-refractivity contribution in [3.8, 4) is 5.75 Å². The van der Waals surface area contributed by atoms with E-state index in [-0.39, 0.29) is 5.75 Å². The van der Waals surface area contributed by atoms with Crippen LogP contribution in [0.3, 0.4) is 0 Å². The summed E-state index contributed by atoms with van der Waals surface area (Å²) in [5, 5.41) is 12.2. The number of benzene rings is 1. The van der Waals surface area contributed by atoms with Crippen LogP contribution in [-0.4, -0.2) is 16.5 Å². The van der Waals surface area contributed by atoms with Crippen molar-refractivity contribution < 1.29 is 9.50 Å². The normalized spacial score (nSPS) is 9.73. The third kappa shape index (κ3) is 3.21. The quantitative estimate of drug-likeness (QED) is 0.782. The van der Waals surface area contributed by atoms with Crippen molar-refractivity contribution in [2.45, 2.75) is 0 Å². The first-order chi connectivity index (χ1) is 7.04. The van der Waals surface area contributed by atoms with Crippen molar-refractivity contribution in [2.24, 2.45) is 0 Å². The zero-order valence-electron chi connectivity index (χ0n) is 8.08. The lowest BCUT2D eigenvalue weighted by Gasteiger charge is -2.08. The summed E-state index contributed by atoms with van der Waals surface area (Å²) in [6, 6.07) is 3.78. The fraction of sp³-hybridized carbons (Fsp3) is 0.100. The van der Waals surface area contributed by atoms with Gasteiger partial charge in [0.25, 0.3) is 0 Å². The van der Waals surface area contributed by atoms with Crippen molar-refractivity contribution in [2.75, 3.05) is 7.05 Å². The molecule has 2 nitrogen and oxygen atoms in total. The largest absolute Gasteiger partial charge is 0.507 e. The van der Waals surface area contributed by atoms with E-state index in [1.54, 1.807) is 7.05 Å². The van der Waals surface area contributed by atoms with Gasteiger partial charge in [0.15, 0.2) is 0 Å². The molecule has 0 fully saturated rings. The zero-order valence-corrected chi connectivity index (χ0v) is 9.71. The predicted molar refractivity (Wildman–Crippen MR) is 66.3 cm³/mol. The van der Waals surface area contributed by atoms with Gasteiger partial charge in [0.05, 0.1) is 0 Å². The zero-order chi connectivity index (χ0) is 11.4. The van der Waals surface area contributed by atoms with Crippen LogP contribution in [0.25, 0.3) is 4.91 Å². The van der Waals surface area contributed by atoms with E-state index in [0.29, 0.717) is 14.8 Å². The summed E-state index contributed by atoms with van der Waals surface area (Å²) in [7, 11) is 1.70. The smallest absolute Gasteiger partial charge is 0.138 e. The molecule has 0 aliphatic rings. The molecular formula is C10H10FNOS2. The molecule has 0 aliphatic heterocycles. The van der Waals surface area contributed by atoms with Crippen LogP contribution >= 0.6 is 24.0 Å². The van der Waals surface area contributed by atoms with Gasteiger partial charge in [0.1, 0.15) is 15.9 Å². The third-order valence-electron chi connectivity index (χ3n) is 1.68. The summed E-state index contributed by atoms with van der Waals surface area (Å²) in [6.45, 7) is 3.76. The van der Waals surface area contributed by atoms with Crippen LogP contribution < -0.4 is 5.32 Å². The number of rotatable bonds is 2. The molecule has 0 heterocycles. The minimum Gasteiger partial charge on any atom is -0.507 e. The van der Waals surface area contributed by atoms with Crippen molar-refractivity contribution in [3.05, 3.63) is 36.2 Å². The Morgan fingerprint density at radius 1 is 1.60 bits per heavy atom. The van der Waals surface area contributed by atoms with Gasteiger partial charge >= 0.3 is 0 Å². The number of phenols is 1. The minimum atomic E-state index is -0.481. The molecule has 1 rings (SSSR count). The third-order valence-corrected chi connectivity index (χ3v) is 2.99. The second-order valence-electron chi connectivity index (χ2n) is 2.72. The predicted octanol–water partition coefficient (Wildman–Crippen LogP) is 2.74. The van der Waals surface area contributed by atoms with Crippen molar-refractivity contribution in [3.63, 3.8) is 0 Å². The Labute approximate surface area is 97.2 Å². The lowest BCUT2D eigenvalue weighted by molar-refractivity contribution is 0.467. The highest BCUT2D eigenvalue weighted by molar-refractivity contribution is 8.29. The van der Waals surface area contributed by atoms with Gasteiger partial charge in [0, 0.05) is 23.6 Å². The van der Waals surface area contributed by atoms with E-state index in [0.717, 1.165) is 6.07 Å². The molecular weight excluding hydrogens is 233 g/mol.